The topological polar surface area (TPSA) is 72.1 Å². The van der Waals surface area contributed by atoms with Crippen LogP contribution < -0.4 is 15.9 Å². The standard InChI is InChI=1S/C4H10N.2C4H9O.CH3.Sn/c1-2-3-4-5;2*1-3-4(2)5;;/h1-5H2;2*4H,3H2,1-2H3;1H3;/q;2*-1;;+2. The molecule has 0 aromatic carbocycles. The van der Waals surface area contributed by atoms with E-state index >= 15 is 0 Å². The molecule has 0 heterocycles. The van der Waals surface area contributed by atoms with Crippen molar-refractivity contribution in [1.82, 2.24) is 0 Å². The molecule has 2 atom stereocenters. The van der Waals surface area contributed by atoms with Crippen LogP contribution in [-0.2, 0) is 0 Å². The fourth-order valence-corrected chi connectivity index (χ4v) is 2.17. The van der Waals surface area contributed by atoms with Crippen LogP contribution in [0.1, 0.15) is 53.4 Å². The number of hydrogen-bond acceptors (Lipinski definition) is 3. The van der Waals surface area contributed by atoms with Gasteiger partial charge in [-0.15, -0.1) is 12.2 Å². The van der Waals surface area contributed by atoms with Crippen LogP contribution >= 0.6 is 0 Å². The fourth-order valence-electron chi connectivity index (χ4n) is 0.446. The molecule has 4 heteroatoms. The van der Waals surface area contributed by atoms with Crippen molar-refractivity contribution in [2.45, 2.75) is 75.0 Å². The van der Waals surface area contributed by atoms with Gasteiger partial charge in [0.05, 0.1) is 0 Å². The summed E-state index contributed by atoms with van der Waals surface area (Å²) in [7, 11) is 0. The molecule has 0 rings (SSSR count). The molecule has 17 heavy (non-hydrogen) atoms. The fraction of sp³-hybridized carbons (Fsp3) is 1.00. The average Bonchev–Trinajstić information content (AvgIpc) is 2.31. The van der Waals surface area contributed by atoms with Gasteiger partial charge in [-0.3, -0.25) is 0 Å². The predicted octanol–water partition coefficient (Wildman–Crippen LogP) is 1.19. The summed E-state index contributed by atoms with van der Waals surface area (Å²) in [4.78, 5) is 2.37. The molecular formula is C13H31NO2Sn. The molecule has 0 aromatic rings. The number of nitrogens with two attached hydrogens (primary N) is 1. The Bertz CT molecular complexity index is 99.6. The first-order chi connectivity index (χ1) is 7.95. The maximum atomic E-state index is 9.90. The SMILES string of the molecule is CCC(C)[O-].CCC(C)[O-].[CH3][Sn+2][CH2]CCCN. The van der Waals surface area contributed by atoms with Gasteiger partial charge in [-0.1, -0.05) is 40.5 Å². The van der Waals surface area contributed by atoms with Gasteiger partial charge in [0, 0.05) is 0 Å². The monoisotopic (exact) mass is 353 g/mol. The normalized spacial score (nSPS) is 12.2. The van der Waals surface area contributed by atoms with E-state index in [2.05, 4.69) is 4.94 Å². The van der Waals surface area contributed by atoms with Crippen molar-refractivity contribution < 1.29 is 10.2 Å². The summed E-state index contributed by atoms with van der Waals surface area (Å²) in [5.74, 6) is 0. The minimum absolute atomic E-state index is 0.121. The van der Waals surface area contributed by atoms with Crippen LogP contribution in [0, 0.1) is 0 Å². The van der Waals surface area contributed by atoms with E-state index in [1.807, 2.05) is 13.8 Å². The molecule has 0 bridgehead atoms. The summed E-state index contributed by atoms with van der Waals surface area (Å²) in [5, 5.41) is 19.8. The minimum atomic E-state index is -0.366. The molecule has 0 saturated heterocycles. The molecule has 0 amide bonds. The van der Waals surface area contributed by atoms with Gasteiger partial charge in [-0.25, -0.2) is 0 Å². The predicted molar refractivity (Wildman–Crippen MR) is 74.2 cm³/mol. The third-order valence-electron chi connectivity index (χ3n) is 2.03. The number of unbranched alkanes of at least 4 members (excludes halogenated alkanes) is 1. The van der Waals surface area contributed by atoms with E-state index in [-0.39, 0.29) is 33.4 Å². The Balaban J connectivity index is -0.000000177. The molecule has 0 radical (unpaired) electrons. The van der Waals surface area contributed by atoms with Gasteiger partial charge >= 0.3 is 55.6 Å². The summed E-state index contributed by atoms with van der Waals surface area (Å²) in [6.45, 7) is 7.99. The Labute approximate surface area is 118 Å². The van der Waals surface area contributed by atoms with Crippen LogP contribution in [-0.4, -0.2) is 39.9 Å². The third-order valence-corrected chi connectivity index (χ3v) is 4.47. The zero-order chi connectivity index (χ0) is 14.1. The van der Waals surface area contributed by atoms with Gasteiger partial charge in [-0.05, 0) is 0 Å². The average molecular weight is 352 g/mol. The van der Waals surface area contributed by atoms with Crippen molar-refractivity contribution in [1.29, 1.82) is 0 Å². The first-order valence-electron chi connectivity index (χ1n) is 6.62. The van der Waals surface area contributed by atoms with E-state index in [1.54, 1.807) is 13.8 Å². The molecule has 2 N–H and O–H groups in total. The van der Waals surface area contributed by atoms with Crippen LogP contribution in [0.2, 0.25) is 9.38 Å². The molecule has 0 aliphatic rings. The molecule has 3 nitrogen and oxygen atoms in total. The van der Waals surface area contributed by atoms with Gasteiger partial charge in [0.2, 0.25) is 0 Å². The first-order valence-corrected chi connectivity index (χ1v) is 11.5. The molecule has 0 saturated carbocycles. The van der Waals surface area contributed by atoms with E-state index in [4.69, 9.17) is 5.73 Å². The molecule has 2 unspecified atom stereocenters. The Kier molecular flexibility index (Phi) is 29.4. The Morgan fingerprint density at radius 1 is 1.00 bits per heavy atom. The zero-order valence-electron chi connectivity index (χ0n) is 12.3. The van der Waals surface area contributed by atoms with E-state index in [0.29, 0.717) is 0 Å². The molecule has 0 aromatic heterocycles. The molecule has 0 spiro atoms. The second kappa shape index (κ2) is 21.9. The van der Waals surface area contributed by atoms with Crippen molar-refractivity contribution in [3.05, 3.63) is 0 Å². The summed E-state index contributed by atoms with van der Waals surface area (Å²) < 4.78 is 1.51. The maximum absolute atomic E-state index is 9.90. The third kappa shape index (κ3) is 47.7. The van der Waals surface area contributed by atoms with E-state index < -0.39 is 0 Å². The van der Waals surface area contributed by atoms with E-state index in [9.17, 15) is 10.2 Å². The van der Waals surface area contributed by atoms with Crippen LogP contribution in [0.4, 0.5) is 0 Å². The van der Waals surface area contributed by atoms with Crippen LogP contribution in [0.25, 0.3) is 0 Å². The summed E-state index contributed by atoms with van der Waals surface area (Å²) in [6.07, 6.45) is 3.40. The van der Waals surface area contributed by atoms with Crippen molar-refractivity contribution in [2.75, 3.05) is 6.54 Å². The summed E-state index contributed by atoms with van der Waals surface area (Å²) in [6, 6.07) is 0. The molecule has 104 valence electrons. The molecule has 0 fully saturated rings. The number of hydrogen-bond donors (Lipinski definition) is 1. The van der Waals surface area contributed by atoms with Crippen molar-refractivity contribution >= 4 is 21.1 Å². The van der Waals surface area contributed by atoms with Crippen molar-refractivity contribution in [2.24, 2.45) is 5.73 Å². The molecule has 0 aliphatic carbocycles. The van der Waals surface area contributed by atoms with Gasteiger partial charge < -0.3 is 10.2 Å². The van der Waals surface area contributed by atoms with Gasteiger partial charge in [0.25, 0.3) is 0 Å². The zero-order valence-corrected chi connectivity index (χ0v) is 15.1. The van der Waals surface area contributed by atoms with Crippen LogP contribution in [0.15, 0.2) is 0 Å². The van der Waals surface area contributed by atoms with Gasteiger partial charge in [0.15, 0.2) is 0 Å². The second-order valence-corrected chi connectivity index (χ2v) is 7.48. The van der Waals surface area contributed by atoms with Gasteiger partial charge in [0.1, 0.15) is 0 Å². The van der Waals surface area contributed by atoms with E-state index in [0.717, 1.165) is 19.4 Å². The Morgan fingerprint density at radius 2 is 1.35 bits per heavy atom. The van der Waals surface area contributed by atoms with Gasteiger partial charge in [-0.2, -0.15) is 0 Å². The Morgan fingerprint density at radius 3 is 1.53 bits per heavy atom. The molecule has 0 aliphatic heterocycles. The van der Waals surface area contributed by atoms with Crippen molar-refractivity contribution in [3.8, 4) is 0 Å². The van der Waals surface area contributed by atoms with Crippen molar-refractivity contribution in [3.63, 3.8) is 0 Å². The second-order valence-electron chi connectivity index (χ2n) is 4.04. The van der Waals surface area contributed by atoms with Crippen LogP contribution in [0.3, 0.4) is 0 Å². The summed E-state index contributed by atoms with van der Waals surface area (Å²) >= 11 is 0.121. The Hall–Kier alpha value is 0.679. The van der Waals surface area contributed by atoms with E-state index in [1.165, 1.54) is 17.3 Å². The quantitative estimate of drug-likeness (QED) is 0.577. The molecular weight excluding hydrogens is 321 g/mol. The first kappa shape index (κ1) is 22.8. The summed E-state index contributed by atoms with van der Waals surface area (Å²) in [5.41, 5.74) is 5.29. The number of rotatable bonds is 6. The van der Waals surface area contributed by atoms with Crippen LogP contribution in [0.5, 0.6) is 0 Å².